The molecule has 1 aliphatic rings. The van der Waals surface area contributed by atoms with Crippen molar-refractivity contribution in [1.29, 1.82) is 0 Å². The summed E-state index contributed by atoms with van der Waals surface area (Å²) in [6.45, 7) is 7.02. The van der Waals surface area contributed by atoms with Crippen LogP contribution < -0.4 is 5.32 Å². The van der Waals surface area contributed by atoms with Gasteiger partial charge in [-0.15, -0.1) is 0 Å². The van der Waals surface area contributed by atoms with E-state index in [0.29, 0.717) is 0 Å². The smallest absolute Gasteiger partial charge is 0.307 e. The zero-order valence-corrected chi connectivity index (χ0v) is 10.7. The third kappa shape index (κ3) is 4.12. The summed E-state index contributed by atoms with van der Waals surface area (Å²) in [4.78, 5) is 10.8. The van der Waals surface area contributed by atoms with E-state index in [1.807, 2.05) is 6.92 Å². The van der Waals surface area contributed by atoms with Crippen LogP contribution in [0.1, 0.15) is 46.5 Å². The minimum atomic E-state index is -0.711. The molecule has 94 valence electrons. The van der Waals surface area contributed by atoms with Crippen molar-refractivity contribution in [1.82, 2.24) is 5.32 Å². The third-order valence-corrected chi connectivity index (χ3v) is 3.91. The quantitative estimate of drug-likeness (QED) is 0.758. The van der Waals surface area contributed by atoms with E-state index in [1.165, 1.54) is 25.7 Å². The molecule has 0 aromatic heterocycles. The van der Waals surface area contributed by atoms with E-state index in [9.17, 15) is 4.79 Å². The Bertz CT molecular complexity index is 230. The molecule has 0 heterocycles. The van der Waals surface area contributed by atoms with Crippen LogP contribution in [-0.2, 0) is 4.79 Å². The van der Waals surface area contributed by atoms with E-state index < -0.39 is 5.97 Å². The Labute approximate surface area is 98.6 Å². The van der Waals surface area contributed by atoms with Gasteiger partial charge in [-0.25, -0.2) is 0 Å². The van der Waals surface area contributed by atoms with Crippen LogP contribution in [0.5, 0.6) is 0 Å². The maximum Gasteiger partial charge on any atom is 0.307 e. The van der Waals surface area contributed by atoms with Gasteiger partial charge in [-0.3, -0.25) is 4.79 Å². The van der Waals surface area contributed by atoms with Gasteiger partial charge in [-0.1, -0.05) is 26.7 Å². The lowest BCUT2D eigenvalue weighted by Crippen LogP contribution is -2.39. The first kappa shape index (κ1) is 13.5. The van der Waals surface area contributed by atoms with Crippen molar-refractivity contribution in [2.24, 2.45) is 17.8 Å². The van der Waals surface area contributed by atoms with Gasteiger partial charge in [-0.2, -0.15) is 0 Å². The third-order valence-electron chi connectivity index (χ3n) is 3.91. The summed E-state index contributed by atoms with van der Waals surface area (Å²) in [7, 11) is 0. The fourth-order valence-corrected chi connectivity index (χ4v) is 2.49. The maximum atomic E-state index is 10.8. The molecule has 4 atom stereocenters. The number of hydrogen-bond acceptors (Lipinski definition) is 2. The van der Waals surface area contributed by atoms with Crippen LogP contribution in [0.25, 0.3) is 0 Å². The van der Waals surface area contributed by atoms with Crippen LogP contribution in [0.3, 0.4) is 0 Å². The first-order valence-corrected chi connectivity index (χ1v) is 6.47. The predicted molar refractivity (Wildman–Crippen MR) is 65.4 cm³/mol. The average Bonchev–Trinajstić information content (AvgIpc) is 2.24. The molecular weight excluding hydrogens is 202 g/mol. The van der Waals surface area contributed by atoms with E-state index >= 15 is 0 Å². The summed E-state index contributed by atoms with van der Waals surface area (Å²) in [6, 6.07) is 0.0646. The molecule has 1 saturated carbocycles. The minimum Gasteiger partial charge on any atom is -0.481 e. The number of carbonyl (C=O) groups is 1. The van der Waals surface area contributed by atoms with Gasteiger partial charge in [0.05, 0.1) is 5.92 Å². The van der Waals surface area contributed by atoms with Crippen molar-refractivity contribution < 1.29 is 9.90 Å². The molecule has 0 aromatic rings. The fourth-order valence-electron chi connectivity index (χ4n) is 2.49. The highest BCUT2D eigenvalue weighted by Crippen LogP contribution is 2.28. The molecule has 1 rings (SSSR count). The van der Waals surface area contributed by atoms with Crippen LogP contribution in [-0.4, -0.2) is 23.7 Å². The van der Waals surface area contributed by atoms with Crippen molar-refractivity contribution in [3.63, 3.8) is 0 Å². The highest BCUT2D eigenvalue weighted by molar-refractivity contribution is 5.70. The molecule has 1 fully saturated rings. The Morgan fingerprint density at radius 1 is 1.44 bits per heavy atom. The minimum absolute atomic E-state index is 0.0646. The van der Waals surface area contributed by atoms with Gasteiger partial charge in [-0.05, 0) is 38.1 Å². The summed E-state index contributed by atoms with van der Waals surface area (Å²) in [5.41, 5.74) is 0. The largest absolute Gasteiger partial charge is 0.481 e. The van der Waals surface area contributed by atoms with E-state index in [1.54, 1.807) is 6.92 Å². The van der Waals surface area contributed by atoms with Gasteiger partial charge >= 0.3 is 5.97 Å². The second kappa shape index (κ2) is 6.24. The Kier molecular flexibility index (Phi) is 5.26. The number of carboxylic acid groups (broad SMARTS) is 1. The molecule has 0 amide bonds. The topological polar surface area (TPSA) is 49.3 Å². The average molecular weight is 227 g/mol. The molecule has 0 aromatic carbocycles. The van der Waals surface area contributed by atoms with Gasteiger partial charge in [0.1, 0.15) is 0 Å². The zero-order valence-electron chi connectivity index (χ0n) is 10.7. The normalized spacial score (nSPS) is 29.7. The van der Waals surface area contributed by atoms with Crippen molar-refractivity contribution in [3.05, 3.63) is 0 Å². The predicted octanol–water partition coefficient (Wildman–Crippen LogP) is 2.51. The number of aliphatic carboxylic acids is 1. The Hall–Kier alpha value is -0.570. The van der Waals surface area contributed by atoms with Crippen LogP contribution in [0.4, 0.5) is 0 Å². The number of nitrogens with one attached hydrogen (secondary N) is 1. The van der Waals surface area contributed by atoms with Crippen molar-refractivity contribution in [2.75, 3.05) is 6.54 Å². The molecule has 3 heteroatoms. The molecule has 0 radical (unpaired) electrons. The van der Waals surface area contributed by atoms with Gasteiger partial charge in [0.25, 0.3) is 0 Å². The fraction of sp³-hybridized carbons (Fsp3) is 0.923. The first-order valence-electron chi connectivity index (χ1n) is 6.47. The SMILES string of the molecule is CC1CCCC(CNC(C)C(C)C(=O)O)C1. The lowest BCUT2D eigenvalue weighted by molar-refractivity contribution is -0.141. The number of hydrogen-bond donors (Lipinski definition) is 2. The molecule has 0 bridgehead atoms. The van der Waals surface area contributed by atoms with Crippen LogP contribution in [0.2, 0.25) is 0 Å². The summed E-state index contributed by atoms with van der Waals surface area (Å²) in [5, 5.41) is 12.3. The maximum absolute atomic E-state index is 10.8. The molecule has 1 aliphatic carbocycles. The van der Waals surface area contributed by atoms with Gasteiger partial charge in [0.2, 0.25) is 0 Å². The monoisotopic (exact) mass is 227 g/mol. The van der Waals surface area contributed by atoms with Crippen molar-refractivity contribution in [2.45, 2.75) is 52.5 Å². The molecule has 3 nitrogen and oxygen atoms in total. The van der Waals surface area contributed by atoms with Gasteiger partial charge < -0.3 is 10.4 Å². The highest BCUT2D eigenvalue weighted by Gasteiger charge is 2.22. The Morgan fingerprint density at radius 2 is 2.12 bits per heavy atom. The molecule has 0 aliphatic heterocycles. The van der Waals surface area contributed by atoms with Crippen LogP contribution in [0, 0.1) is 17.8 Å². The highest BCUT2D eigenvalue weighted by atomic mass is 16.4. The number of rotatable bonds is 5. The molecule has 16 heavy (non-hydrogen) atoms. The molecule has 2 N–H and O–H groups in total. The zero-order chi connectivity index (χ0) is 12.1. The van der Waals surface area contributed by atoms with Crippen LogP contribution >= 0.6 is 0 Å². The molecule has 0 saturated heterocycles. The van der Waals surface area contributed by atoms with Gasteiger partial charge in [0, 0.05) is 6.04 Å². The summed E-state index contributed by atoms with van der Waals surface area (Å²) in [6.07, 6.45) is 5.28. The lowest BCUT2D eigenvalue weighted by Gasteiger charge is -2.28. The Morgan fingerprint density at radius 3 is 2.69 bits per heavy atom. The molecular formula is C13H25NO2. The molecule has 0 spiro atoms. The standard InChI is InChI=1S/C13H25NO2/c1-9-5-4-6-12(7-9)8-14-11(3)10(2)13(15)16/h9-12,14H,4-8H2,1-3H3,(H,15,16). The molecule has 4 unspecified atom stereocenters. The van der Waals surface area contributed by atoms with E-state index in [4.69, 9.17) is 5.11 Å². The van der Waals surface area contributed by atoms with Gasteiger partial charge in [0.15, 0.2) is 0 Å². The van der Waals surface area contributed by atoms with E-state index in [0.717, 1.165) is 18.4 Å². The van der Waals surface area contributed by atoms with Crippen LogP contribution in [0.15, 0.2) is 0 Å². The first-order chi connectivity index (χ1) is 7.50. The van der Waals surface area contributed by atoms with E-state index in [2.05, 4.69) is 12.2 Å². The van der Waals surface area contributed by atoms with Crippen molar-refractivity contribution in [3.8, 4) is 0 Å². The lowest BCUT2D eigenvalue weighted by atomic mass is 9.82. The number of carboxylic acids is 1. The second-order valence-electron chi connectivity index (χ2n) is 5.46. The second-order valence-corrected chi connectivity index (χ2v) is 5.46. The van der Waals surface area contributed by atoms with E-state index in [-0.39, 0.29) is 12.0 Å². The van der Waals surface area contributed by atoms with Crippen molar-refractivity contribution >= 4 is 5.97 Å². The summed E-state index contributed by atoms with van der Waals surface area (Å²) in [5.74, 6) is 0.568. The Balaban J connectivity index is 2.25. The summed E-state index contributed by atoms with van der Waals surface area (Å²) >= 11 is 0. The summed E-state index contributed by atoms with van der Waals surface area (Å²) < 4.78 is 0.